The first-order valence-electron chi connectivity index (χ1n) is 6.74. The fourth-order valence-electron chi connectivity index (χ4n) is 1.72. The summed E-state index contributed by atoms with van der Waals surface area (Å²) in [5.74, 6) is 0. The lowest BCUT2D eigenvalue weighted by molar-refractivity contribution is -0.0501. The Bertz CT molecular complexity index is 321. The van der Waals surface area contributed by atoms with Crippen LogP contribution in [0.15, 0.2) is 0 Å². The average molecular weight is 302 g/mol. The molecule has 19 heavy (non-hydrogen) atoms. The Morgan fingerprint density at radius 2 is 1.37 bits per heavy atom. The highest BCUT2D eigenvalue weighted by molar-refractivity contribution is 7.88. The lowest BCUT2D eigenvalue weighted by atomic mass is 9.60. The fraction of sp³-hybridized carbons (Fsp3) is 1.00. The zero-order valence-electron chi connectivity index (χ0n) is 11.5. The van der Waals surface area contributed by atoms with Crippen LogP contribution in [0.1, 0.15) is 52.4 Å². The van der Waals surface area contributed by atoms with E-state index >= 15 is 0 Å². The van der Waals surface area contributed by atoms with Crippen LogP contribution in [0.25, 0.3) is 0 Å². The smallest absolute Gasteiger partial charge is 0.327 e. The molecule has 0 aromatic rings. The van der Waals surface area contributed by atoms with Gasteiger partial charge in [0.1, 0.15) is 0 Å². The van der Waals surface area contributed by atoms with Gasteiger partial charge in [-0.05, 0) is 12.6 Å². The highest BCUT2D eigenvalue weighted by Crippen LogP contribution is 2.27. The second-order valence-electron chi connectivity index (χ2n) is 4.61. The fourth-order valence-corrected chi connectivity index (χ4v) is 2.38. The van der Waals surface area contributed by atoms with Crippen molar-refractivity contribution in [1.29, 1.82) is 0 Å². The van der Waals surface area contributed by atoms with Crippen molar-refractivity contribution in [2.45, 2.75) is 70.5 Å². The number of halogens is 3. The molecule has 0 aliphatic rings. The first-order valence-corrected chi connectivity index (χ1v) is 8.15. The van der Waals surface area contributed by atoms with Gasteiger partial charge in [-0.15, -0.1) is 0 Å². The molecule has 0 amide bonds. The van der Waals surface area contributed by atoms with Crippen molar-refractivity contribution in [2.75, 3.05) is 0 Å². The van der Waals surface area contributed by atoms with Crippen LogP contribution in [0.3, 0.4) is 0 Å². The number of hydrogen-bond donors (Lipinski definition) is 0. The van der Waals surface area contributed by atoms with E-state index in [9.17, 15) is 21.6 Å². The molecule has 0 spiro atoms. The second-order valence-corrected chi connectivity index (χ2v) is 6.17. The molecule has 114 valence electrons. The summed E-state index contributed by atoms with van der Waals surface area (Å²) >= 11 is 0. The second kappa shape index (κ2) is 8.84. The van der Waals surface area contributed by atoms with E-state index in [1.165, 1.54) is 0 Å². The molecule has 0 aliphatic heterocycles. The first kappa shape index (κ1) is 18.8. The summed E-state index contributed by atoms with van der Waals surface area (Å²) < 4.78 is 63.1. The maximum Gasteiger partial charge on any atom is 0.521 e. The van der Waals surface area contributed by atoms with Crippen LogP contribution in [-0.4, -0.2) is 20.8 Å². The van der Waals surface area contributed by atoms with Gasteiger partial charge in [0.05, 0.1) is 0 Å². The summed E-state index contributed by atoms with van der Waals surface area (Å²) in [7, 11) is -5.47. The van der Waals surface area contributed by atoms with Crippen molar-refractivity contribution >= 4 is 17.0 Å². The zero-order valence-corrected chi connectivity index (χ0v) is 12.3. The van der Waals surface area contributed by atoms with Gasteiger partial charge in [-0.3, -0.25) is 0 Å². The molecule has 3 nitrogen and oxygen atoms in total. The maximum atomic E-state index is 12.3. The molecule has 0 bridgehead atoms. The molecular weight excluding hydrogens is 280 g/mol. The number of unbranched alkanes of at least 4 members (excludes halogenated alkanes) is 4. The molecule has 0 radical (unpaired) electrons. The van der Waals surface area contributed by atoms with Gasteiger partial charge in [-0.2, -0.15) is 21.6 Å². The van der Waals surface area contributed by atoms with Gasteiger partial charge in [-0.25, -0.2) is 0 Å². The Morgan fingerprint density at radius 3 is 1.68 bits per heavy atom. The third-order valence-corrected chi connectivity index (χ3v) is 3.90. The van der Waals surface area contributed by atoms with Crippen LogP contribution in [0, 0.1) is 0 Å². The quantitative estimate of drug-likeness (QED) is 0.345. The van der Waals surface area contributed by atoms with Crippen molar-refractivity contribution < 1.29 is 25.7 Å². The van der Waals surface area contributed by atoms with Gasteiger partial charge in [0, 0.05) is 0 Å². The summed E-state index contributed by atoms with van der Waals surface area (Å²) in [5, 5.41) is 0. The van der Waals surface area contributed by atoms with Crippen LogP contribution in [0.4, 0.5) is 13.2 Å². The standard InChI is InChI=1S/C11H22BF3O3S/c1-3-5-7-9-12(10-8-6-4-2)18-19(16,17)11(13,14)15/h3-10H2,1-2H3. The van der Waals surface area contributed by atoms with Gasteiger partial charge in [0.25, 0.3) is 0 Å². The van der Waals surface area contributed by atoms with Gasteiger partial charge in [0.15, 0.2) is 0 Å². The molecule has 0 unspecified atom stereocenters. The summed E-state index contributed by atoms with van der Waals surface area (Å²) in [6.45, 7) is 3.09. The summed E-state index contributed by atoms with van der Waals surface area (Å²) in [6, 6.07) is 0. The van der Waals surface area contributed by atoms with Crippen LogP contribution < -0.4 is 0 Å². The number of rotatable bonds is 10. The molecule has 0 rings (SSSR count). The van der Waals surface area contributed by atoms with Crippen molar-refractivity contribution in [3.63, 3.8) is 0 Å². The average Bonchev–Trinajstić information content (AvgIpc) is 2.27. The van der Waals surface area contributed by atoms with E-state index in [2.05, 4.69) is 4.10 Å². The molecule has 0 saturated carbocycles. The van der Waals surface area contributed by atoms with E-state index in [-0.39, 0.29) is 0 Å². The normalized spacial score (nSPS) is 12.7. The number of alkyl halides is 3. The monoisotopic (exact) mass is 302 g/mol. The Labute approximate surface area is 114 Å². The van der Waals surface area contributed by atoms with Gasteiger partial charge < -0.3 is 4.10 Å². The van der Waals surface area contributed by atoms with E-state index in [4.69, 9.17) is 0 Å². The van der Waals surface area contributed by atoms with Crippen molar-refractivity contribution in [3.05, 3.63) is 0 Å². The predicted molar refractivity (Wildman–Crippen MR) is 70.5 cm³/mol. The molecule has 0 aliphatic carbocycles. The third kappa shape index (κ3) is 7.82. The summed E-state index contributed by atoms with van der Waals surface area (Å²) in [6.07, 6.45) is 5.64. The zero-order chi connectivity index (χ0) is 14.9. The lowest BCUT2D eigenvalue weighted by Crippen LogP contribution is -2.32. The molecule has 0 atom stereocenters. The molecule has 0 aromatic carbocycles. The van der Waals surface area contributed by atoms with E-state index in [0.29, 0.717) is 25.5 Å². The molecule has 0 heterocycles. The Hall–Kier alpha value is -0.235. The topological polar surface area (TPSA) is 43.4 Å². The van der Waals surface area contributed by atoms with E-state index in [1.54, 1.807) is 0 Å². The SMILES string of the molecule is CCCCCB(CCCCC)OS(=O)(=O)C(F)(F)F. The van der Waals surface area contributed by atoms with Crippen LogP contribution in [-0.2, 0) is 14.2 Å². The Morgan fingerprint density at radius 1 is 0.947 bits per heavy atom. The highest BCUT2D eigenvalue weighted by Gasteiger charge is 2.48. The maximum absolute atomic E-state index is 12.3. The largest absolute Gasteiger partial charge is 0.521 e. The van der Waals surface area contributed by atoms with E-state index in [1.807, 2.05) is 13.8 Å². The third-order valence-electron chi connectivity index (χ3n) is 2.81. The van der Waals surface area contributed by atoms with Crippen molar-refractivity contribution in [2.24, 2.45) is 0 Å². The first-order chi connectivity index (χ1) is 8.74. The summed E-state index contributed by atoms with van der Waals surface area (Å²) in [4.78, 5) is 0. The molecule has 0 fully saturated rings. The lowest BCUT2D eigenvalue weighted by Gasteiger charge is -2.15. The molecule has 8 heteroatoms. The van der Waals surface area contributed by atoms with E-state index < -0.39 is 22.5 Å². The van der Waals surface area contributed by atoms with Crippen molar-refractivity contribution in [1.82, 2.24) is 0 Å². The molecule has 0 aromatic heterocycles. The van der Waals surface area contributed by atoms with Crippen LogP contribution >= 0.6 is 0 Å². The van der Waals surface area contributed by atoms with Gasteiger partial charge >= 0.3 is 22.5 Å². The van der Waals surface area contributed by atoms with E-state index in [0.717, 1.165) is 25.7 Å². The minimum atomic E-state index is -5.47. The van der Waals surface area contributed by atoms with Crippen LogP contribution in [0.5, 0.6) is 0 Å². The van der Waals surface area contributed by atoms with Gasteiger partial charge in [0.2, 0.25) is 0 Å². The molecule has 0 N–H and O–H groups in total. The number of hydrogen-bond acceptors (Lipinski definition) is 3. The molecular formula is C11H22BF3O3S. The van der Waals surface area contributed by atoms with Crippen molar-refractivity contribution in [3.8, 4) is 0 Å². The Balaban J connectivity index is 4.47. The Kier molecular flexibility index (Phi) is 8.73. The molecule has 0 saturated heterocycles. The summed E-state index contributed by atoms with van der Waals surface area (Å²) in [5.41, 5.74) is -5.33. The predicted octanol–water partition coefficient (Wildman–Crippen LogP) is 4.22. The van der Waals surface area contributed by atoms with Gasteiger partial charge in [-0.1, -0.05) is 52.4 Å². The highest BCUT2D eigenvalue weighted by atomic mass is 32.2. The minimum absolute atomic E-state index is 0.354. The minimum Gasteiger partial charge on any atom is -0.327 e. The van der Waals surface area contributed by atoms with Crippen LogP contribution in [0.2, 0.25) is 12.6 Å².